The Hall–Kier alpha value is -2.54. The number of methoxy groups -OCH3 is 1. The molecule has 7 heteroatoms. The Morgan fingerprint density at radius 3 is 2.68 bits per heavy atom. The quantitative estimate of drug-likeness (QED) is 0.770. The molecule has 6 nitrogen and oxygen atoms in total. The van der Waals surface area contributed by atoms with Gasteiger partial charge < -0.3 is 9.64 Å². The maximum Gasteiger partial charge on any atom is 0.253 e. The highest BCUT2D eigenvalue weighted by Gasteiger charge is 2.28. The fourth-order valence-electron chi connectivity index (χ4n) is 3.41. The van der Waals surface area contributed by atoms with E-state index in [1.54, 1.807) is 31.2 Å². The molecule has 150 valence electrons. The number of benzene rings is 2. The predicted octanol–water partition coefficient (Wildman–Crippen LogP) is 3.21. The number of hydrogen-bond donors (Lipinski definition) is 0. The Morgan fingerprint density at radius 1 is 1.18 bits per heavy atom. The molecule has 0 aliphatic carbocycles. The van der Waals surface area contributed by atoms with Crippen LogP contribution in [0.2, 0.25) is 0 Å². The summed E-state index contributed by atoms with van der Waals surface area (Å²) in [5.41, 5.74) is 2.88. The van der Waals surface area contributed by atoms with E-state index < -0.39 is 10.0 Å². The Kier molecular flexibility index (Phi) is 5.93. The lowest BCUT2D eigenvalue weighted by Crippen LogP contribution is -2.38. The normalized spacial score (nSPS) is 15.9. The van der Waals surface area contributed by atoms with Crippen molar-refractivity contribution >= 4 is 21.6 Å². The molecule has 0 aromatic heterocycles. The molecule has 0 saturated carbocycles. The lowest BCUT2D eigenvalue weighted by atomic mass is 10.1. The van der Waals surface area contributed by atoms with Gasteiger partial charge in [0, 0.05) is 25.7 Å². The van der Waals surface area contributed by atoms with E-state index in [1.807, 2.05) is 37.3 Å². The van der Waals surface area contributed by atoms with E-state index in [9.17, 15) is 13.2 Å². The lowest BCUT2D eigenvalue weighted by Gasteiger charge is -2.30. The second-order valence-electron chi connectivity index (χ2n) is 7.11. The molecule has 3 rings (SSSR count). The van der Waals surface area contributed by atoms with Crippen molar-refractivity contribution in [1.82, 2.24) is 4.90 Å². The fraction of sp³-hybridized carbons (Fsp3) is 0.381. The summed E-state index contributed by atoms with van der Waals surface area (Å²) in [5, 5.41) is 0. The summed E-state index contributed by atoms with van der Waals surface area (Å²) in [6, 6.07) is 12.8. The first-order chi connectivity index (χ1) is 13.3. The summed E-state index contributed by atoms with van der Waals surface area (Å²) < 4.78 is 31.6. The molecule has 0 N–H and O–H groups in total. The minimum absolute atomic E-state index is 0.153. The van der Waals surface area contributed by atoms with Crippen LogP contribution in [-0.2, 0) is 16.6 Å². The van der Waals surface area contributed by atoms with E-state index in [1.165, 1.54) is 4.31 Å². The Balaban J connectivity index is 1.83. The molecular formula is C21H26N2O4S. The molecule has 2 aromatic rings. The molecule has 1 aliphatic rings. The lowest BCUT2D eigenvalue weighted by molar-refractivity contribution is 0.0785. The van der Waals surface area contributed by atoms with Crippen LogP contribution in [0.25, 0.3) is 0 Å². The van der Waals surface area contributed by atoms with E-state index in [4.69, 9.17) is 4.74 Å². The summed E-state index contributed by atoms with van der Waals surface area (Å²) in [7, 11) is 0.0192. The zero-order valence-corrected chi connectivity index (χ0v) is 17.3. The minimum Gasteiger partial charge on any atom is -0.497 e. The Bertz CT molecular complexity index is 972. The average Bonchev–Trinajstić information content (AvgIpc) is 2.68. The first-order valence-corrected chi connectivity index (χ1v) is 10.9. The number of rotatable bonds is 5. The van der Waals surface area contributed by atoms with E-state index in [0.29, 0.717) is 30.8 Å². The van der Waals surface area contributed by atoms with Gasteiger partial charge in [-0.3, -0.25) is 9.10 Å². The van der Waals surface area contributed by atoms with Gasteiger partial charge in [0.2, 0.25) is 10.0 Å². The minimum atomic E-state index is -3.32. The molecule has 0 spiro atoms. The zero-order valence-electron chi connectivity index (χ0n) is 16.5. The van der Waals surface area contributed by atoms with Gasteiger partial charge in [0.1, 0.15) is 5.75 Å². The second-order valence-corrected chi connectivity index (χ2v) is 9.12. The molecule has 0 radical (unpaired) electrons. The summed E-state index contributed by atoms with van der Waals surface area (Å²) in [6.07, 6.45) is 1.51. The molecular weight excluding hydrogens is 376 g/mol. The predicted molar refractivity (Wildman–Crippen MR) is 110 cm³/mol. The molecule has 1 aliphatic heterocycles. The third-order valence-electron chi connectivity index (χ3n) is 4.97. The number of aryl methyl sites for hydroxylation is 1. The fourth-order valence-corrected chi connectivity index (χ4v) is 5.10. The van der Waals surface area contributed by atoms with Crippen LogP contribution in [0.3, 0.4) is 0 Å². The molecule has 0 bridgehead atoms. The van der Waals surface area contributed by atoms with Crippen LogP contribution >= 0.6 is 0 Å². The van der Waals surface area contributed by atoms with Crippen molar-refractivity contribution in [3.05, 3.63) is 59.2 Å². The van der Waals surface area contributed by atoms with Gasteiger partial charge in [-0.1, -0.05) is 18.2 Å². The molecule has 1 fully saturated rings. The van der Waals surface area contributed by atoms with E-state index in [2.05, 4.69) is 0 Å². The number of ether oxygens (including phenoxy) is 1. The van der Waals surface area contributed by atoms with Gasteiger partial charge >= 0.3 is 0 Å². The van der Waals surface area contributed by atoms with Crippen LogP contribution in [0.5, 0.6) is 5.75 Å². The van der Waals surface area contributed by atoms with Gasteiger partial charge in [-0.15, -0.1) is 0 Å². The zero-order chi connectivity index (χ0) is 20.3. The van der Waals surface area contributed by atoms with Gasteiger partial charge in [0.05, 0.1) is 18.6 Å². The SMILES string of the molecule is COc1cccc(CN(C)C(=O)c2ccc(C)c(N3CCCCS3(=O)=O)c2)c1. The van der Waals surface area contributed by atoms with Crippen LogP contribution in [-0.4, -0.2) is 45.7 Å². The van der Waals surface area contributed by atoms with Crippen molar-refractivity contribution in [2.45, 2.75) is 26.3 Å². The second kappa shape index (κ2) is 8.22. The van der Waals surface area contributed by atoms with Gasteiger partial charge in [0.15, 0.2) is 0 Å². The molecule has 28 heavy (non-hydrogen) atoms. The van der Waals surface area contributed by atoms with Crippen molar-refractivity contribution in [3.63, 3.8) is 0 Å². The molecule has 1 saturated heterocycles. The Morgan fingerprint density at radius 2 is 1.96 bits per heavy atom. The molecule has 0 atom stereocenters. The third-order valence-corrected chi connectivity index (χ3v) is 6.83. The maximum atomic E-state index is 12.9. The summed E-state index contributed by atoms with van der Waals surface area (Å²) in [5.74, 6) is 0.741. The van der Waals surface area contributed by atoms with Crippen LogP contribution in [0.15, 0.2) is 42.5 Å². The smallest absolute Gasteiger partial charge is 0.253 e. The van der Waals surface area contributed by atoms with E-state index >= 15 is 0 Å². The summed E-state index contributed by atoms with van der Waals surface area (Å²) in [6.45, 7) is 2.76. The van der Waals surface area contributed by atoms with Crippen molar-refractivity contribution in [2.75, 3.05) is 30.8 Å². The van der Waals surface area contributed by atoms with Crippen molar-refractivity contribution in [2.24, 2.45) is 0 Å². The highest BCUT2D eigenvalue weighted by molar-refractivity contribution is 7.92. The summed E-state index contributed by atoms with van der Waals surface area (Å²) >= 11 is 0. The third kappa shape index (κ3) is 4.30. The monoisotopic (exact) mass is 402 g/mol. The number of nitrogens with zero attached hydrogens (tertiary/aromatic N) is 2. The average molecular weight is 403 g/mol. The largest absolute Gasteiger partial charge is 0.497 e. The number of amides is 1. The topological polar surface area (TPSA) is 66.9 Å². The molecule has 1 heterocycles. The Labute approximate surface area is 166 Å². The van der Waals surface area contributed by atoms with E-state index in [-0.39, 0.29) is 11.7 Å². The van der Waals surface area contributed by atoms with Gasteiger partial charge in [-0.25, -0.2) is 8.42 Å². The maximum absolute atomic E-state index is 12.9. The van der Waals surface area contributed by atoms with Crippen LogP contribution in [0.1, 0.15) is 34.3 Å². The molecule has 2 aromatic carbocycles. The van der Waals surface area contributed by atoms with Crippen LogP contribution in [0.4, 0.5) is 5.69 Å². The molecule has 0 unspecified atom stereocenters. The molecule has 1 amide bonds. The van der Waals surface area contributed by atoms with Gasteiger partial charge in [-0.05, 0) is 55.2 Å². The number of carbonyl (C=O) groups is 1. The number of hydrogen-bond acceptors (Lipinski definition) is 4. The first kappa shape index (κ1) is 20.2. The summed E-state index contributed by atoms with van der Waals surface area (Å²) in [4.78, 5) is 14.6. The first-order valence-electron chi connectivity index (χ1n) is 9.31. The van der Waals surface area contributed by atoms with Gasteiger partial charge in [0.25, 0.3) is 5.91 Å². The number of sulfonamides is 1. The van der Waals surface area contributed by atoms with Crippen molar-refractivity contribution in [1.29, 1.82) is 0 Å². The van der Waals surface area contributed by atoms with Gasteiger partial charge in [-0.2, -0.15) is 0 Å². The highest BCUT2D eigenvalue weighted by Crippen LogP contribution is 2.28. The number of anilines is 1. The van der Waals surface area contributed by atoms with Crippen molar-refractivity contribution in [3.8, 4) is 5.75 Å². The van der Waals surface area contributed by atoms with Crippen molar-refractivity contribution < 1.29 is 17.9 Å². The van der Waals surface area contributed by atoms with Crippen LogP contribution in [0, 0.1) is 6.92 Å². The highest BCUT2D eigenvalue weighted by atomic mass is 32.2. The standard InChI is InChI=1S/C21H26N2O4S/c1-16-9-10-18(14-20(16)23-11-4-5-12-28(23,25)26)21(24)22(2)15-17-7-6-8-19(13-17)27-3/h6-10,13-14H,4-5,11-12,15H2,1-3H3. The number of carbonyl (C=O) groups excluding carboxylic acids is 1. The van der Waals surface area contributed by atoms with Crippen LogP contribution < -0.4 is 9.04 Å². The van der Waals surface area contributed by atoms with E-state index in [0.717, 1.165) is 23.3 Å².